The molecule has 2 rings (SSSR count). The van der Waals surface area contributed by atoms with Crippen LogP contribution in [0.4, 0.5) is 4.79 Å². The number of nitrogens with two attached hydrogens (primary N) is 1. The second-order valence-electron chi connectivity index (χ2n) is 4.94. The molecular formula is C11H21N3O. The number of rotatable bonds is 2. The number of nitrogens with zero attached hydrogens (tertiary/aromatic N) is 1. The number of carbonyl (C=O) groups excluding carboxylic acids is 1. The van der Waals surface area contributed by atoms with Crippen LogP contribution in [0.3, 0.4) is 0 Å². The fourth-order valence-corrected chi connectivity index (χ4v) is 2.23. The van der Waals surface area contributed by atoms with Gasteiger partial charge in [0.2, 0.25) is 0 Å². The summed E-state index contributed by atoms with van der Waals surface area (Å²) in [6.07, 6.45) is 4.44. The van der Waals surface area contributed by atoms with Gasteiger partial charge in [0.15, 0.2) is 0 Å². The first-order valence-corrected chi connectivity index (χ1v) is 5.98. The van der Waals surface area contributed by atoms with Gasteiger partial charge in [-0.05, 0) is 31.6 Å². The van der Waals surface area contributed by atoms with Crippen molar-refractivity contribution in [3.8, 4) is 0 Å². The highest BCUT2D eigenvalue weighted by molar-refractivity contribution is 5.75. The summed E-state index contributed by atoms with van der Waals surface area (Å²) in [5.41, 5.74) is 5.72. The fraction of sp³-hybridized carbons (Fsp3) is 0.909. The lowest BCUT2D eigenvalue weighted by Crippen LogP contribution is -2.53. The molecular weight excluding hydrogens is 190 g/mol. The van der Waals surface area contributed by atoms with Gasteiger partial charge in [0, 0.05) is 25.2 Å². The average Bonchev–Trinajstić information content (AvgIpc) is 3.01. The minimum Gasteiger partial charge on any atom is -0.335 e. The predicted molar refractivity (Wildman–Crippen MR) is 59.5 cm³/mol. The minimum atomic E-state index is 0.0971. The van der Waals surface area contributed by atoms with Crippen LogP contribution in [0.2, 0.25) is 0 Å². The van der Waals surface area contributed by atoms with Crippen LogP contribution < -0.4 is 11.1 Å². The molecule has 1 saturated carbocycles. The zero-order chi connectivity index (χ0) is 10.8. The number of carbonyl (C=O) groups is 1. The van der Waals surface area contributed by atoms with Gasteiger partial charge in [-0.1, -0.05) is 6.92 Å². The van der Waals surface area contributed by atoms with Crippen LogP contribution in [0, 0.1) is 5.92 Å². The molecule has 1 aliphatic heterocycles. The highest BCUT2D eigenvalue weighted by Gasteiger charge is 2.32. The van der Waals surface area contributed by atoms with E-state index in [1.807, 2.05) is 4.90 Å². The summed E-state index contributed by atoms with van der Waals surface area (Å²) in [5, 5.41) is 3.03. The van der Waals surface area contributed by atoms with Gasteiger partial charge in [0.1, 0.15) is 0 Å². The maximum absolute atomic E-state index is 11.9. The van der Waals surface area contributed by atoms with E-state index in [-0.39, 0.29) is 12.1 Å². The van der Waals surface area contributed by atoms with Crippen molar-refractivity contribution in [3.63, 3.8) is 0 Å². The number of hydrogen-bond acceptors (Lipinski definition) is 2. The van der Waals surface area contributed by atoms with Gasteiger partial charge in [0.25, 0.3) is 0 Å². The molecule has 2 amide bonds. The minimum absolute atomic E-state index is 0.0971. The monoisotopic (exact) mass is 211 g/mol. The molecule has 1 aliphatic carbocycles. The molecule has 2 aliphatic rings. The first kappa shape index (κ1) is 10.7. The number of piperidine rings is 1. The van der Waals surface area contributed by atoms with Crippen molar-refractivity contribution in [2.24, 2.45) is 11.7 Å². The number of likely N-dealkylation sites (tertiary alicyclic amines) is 1. The maximum Gasteiger partial charge on any atom is 0.317 e. The number of urea groups is 1. The Morgan fingerprint density at radius 2 is 2.20 bits per heavy atom. The largest absolute Gasteiger partial charge is 0.335 e. The van der Waals surface area contributed by atoms with Crippen LogP contribution >= 0.6 is 0 Å². The molecule has 0 aromatic carbocycles. The van der Waals surface area contributed by atoms with Gasteiger partial charge in [-0.2, -0.15) is 0 Å². The Labute approximate surface area is 91.2 Å². The Kier molecular flexibility index (Phi) is 3.14. The first-order chi connectivity index (χ1) is 7.20. The smallest absolute Gasteiger partial charge is 0.317 e. The summed E-state index contributed by atoms with van der Waals surface area (Å²) in [4.78, 5) is 13.8. The van der Waals surface area contributed by atoms with Crippen LogP contribution in [-0.2, 0) is 0 Å². The van der Waals surface area contributed by atoms with E-state index in [1.54, 1.807) is 0 Å². The van der Waals surface area contributed by atoms with Crippen molar-refractivity contribution >= 4 is 6.03 Å². The second-order valence-corrected chi connectivity index (χ2v) is 4.94. The van der Waals surface area contributed by atoms with E-state index in [9.17, 15) is 4.79 Å². The van der Waals surface area contributed by atoms with E-state index in [1.165, 1.54) is 0 Å². The lowest BCUT2D eigenvalue weighted by Gasteiger charge is -2.37. The third kappa shape index (κ3) is 2.62. The fourth-order valence-electron chi connectivity index (χ4n) is 2.23. The number of amides is 2. The van der Waals surface area contributed by atoms with Gasteiger partial charge in [-0.25, -0.2) is 4.79 Å². The maximum atomic E-state index is 11.9. The van der Waals surface area contributed by atoms with Crippen LogP contribution in [0.15, 0.2) is 0 Å². The average molecular weight is 211 g/mol. The Balaban J connectivity index is 1.90. The molecule has 0 aromatic rings. The highest BCUT2D eigenvalue weighted by atomic mass is 16.2. The van der Waals surface area contributed by atoms with Gasteiger partial charge >= 0.3 is 6.03 Å². The van der Waals surface area contributed by atoms with E-state index in [0.29, 0.717) is 18.5 Å². The molecule has 2 fully saturated rings. The van der Waals surface area contributed by atoms with Gasteiger partial charge in [-0.15, -0.1) is 0 Å². The molecule has 3 N–H and O–H groups in total. The number of nitrogens with one attached hydrogen (secondary N) is 1. The quantitative estimate of drug-likeness (QED) is 0.713. The van der Waals surface area contributed by atoms with E-state index in [0.717, 1.165) is 32.2 Å². The van der Waals surface area contributed by atoms with Gasteiger partial charge in [0.05, 0.1) is 0 Å². The first-order valence-electron chi connectivity index (χ1n) is 5.98. The SMILES string of the molecule is CC1CCN(C(=O)NC2CC2)C(CN)C1. The normalized spacial score (nSPS) is 31.5. The van der Waals surface area contributed by atoms with Crippen molar-refractivity contribution in [3.05, 3.63) is 0 Å². The lowest BCUT2D eigenvalue weighted by atomic mass is 9.93. The molecule has 1 saturated heterocycles. The molecule has 2 unspecified atom stereocenters. The molecule has 0 spiro atoms. The molecule has 0 radical (unpaired) electrons. The number of hydrogen-bond donors (Lipinski definition) is 2. The Morgan fingerprint density at radius 1 is 1.47 bits per heavy atom. The second kappa shape index (κ2) is 4.39. The summed E-state index contributed by atoms with van der Waals surface area (Å²) < 4.78 is 0. The highest BCUT2D eigenvalue weighted by Crippen LogP contribution is 2.24. The molecule has 86 valence electrons. The molecule has 0 bridgehead atoms. The van der Waals surface area contributed by atoms with E-state index in [4.69, 9.17) is 5.73 Å². The summed E-state index contributed by atoms with van der Waals surface area (Å²) in [7, 11) is 0. The summed E-state index contributed by atoms with van der Waals surface area (Å²) in [6.45, 7) is 3.68. The van der Waals surface area contributed by atoms with Gasteiger partial charge < -0.3 is 16.0 Å². The summed E-state index contributed by atoms with van der Waals surface area (Å²) >= 11 is 0. The Hall–Kier alpha value is -0.770. The molecule has 4 nitrogen and oxygen atoms in total. The molecule has 15 heavy (non-hydrogen) atoms. The van der Waals surface area contributed by atoms with Crippen molar-refractivity contribution in [2.75, 3.05) is 13.1 Å². The molecule has 4 heteroatoms. The van der Waals surface area contributed by atoms with Gasteiger partial charge in [-0.3, -0.25) is 0 Å². The van der Waals surface area contributed by atoms with Crippen LogP contribution in [-0.4, -0.2) is 36.1 Å². The van der Waals surface area contributed by atoms with Crippen LogP contribution in [0.5, 0.6) is 0 Å². The zero-order valence-corrected chi connectivity index (χ0v) is 9.41. The van der Waals surface area contributed by atoms with E-state index in [2.05, 4.69) is 12.2 Å². The van der Waals surface area contributed by atoms with E-state index < -0.39 is 0 Å². The predicted octanol–water partition coefficient (Wildman–Crippen LogP) is 0.918. The third-order valence-corrected chi connectivity index (χ3v) is 3.42. The molecule has 2 atom stereocenters. The summed E-state index contributed by atoms with van der Waals surface area (Å²) in [5.74, 6) is 0.698. The Bertz CT molecular complexity index is 240. The topological polar surface area (TPSA) is 58.4 Å². The molecule has 1 heterocycles. The van der Waals surface area contributed by atoms with Crippen LogP contribution in [0.25, 0.3) is 0 Å². The van der Waals surface area contributed by atoms with Crippen molar-refractivity contribution in [2.45, 2.75) is 44.7 Å². The van der Waals surface area contributed by atoms with E-state index >= 15 is 0 Å². The van der Waals surface area contributed by atoms with Crippen LogP contribution in [0.1, 0.15) is 32.6 Å². The standard InChI is InChI=1S/C11H21N3O/c1-8-4-5-14(10(6-8)7-12)11(15)13-9-2-3-9/h8-10H,2-7,12H2,1H3,(H,13,15). The summed E-state index contributed by atoms with van der Waals surface area (Å²) in [6, 6.07) is 0.780. The van der Waals surface area contributed by atoms with Crippen molar-refractivity contribution in [1.82, 2.24) is 10.2 Å². The Morgan fingerprint density at radius 3 is 2.80 bits per heavy atom. The molecule has 0 aromatic heterocycles. The van der Waals surface area contributed by atoms with Crippen molar-refractivity contribution < 1.29 is 4.79 Å². The zero-order valence-electron chi connectivity index (χ0n) is 9.41. The van der Waals surface area contributed by atoms with Crippen molar-refractivity contribution in [1.29, 1.82) is 0 Å². The third-order valence-electron chi connectivity index (χ3n) is 3.42. The lowest BCUT2D eigenvalue weighted by molar-refractivity contribution is 0.134.